The van der Waals surface area contributed by atoms with Gasteiger partial charge in [-0.1, -0.05) is 12.1 Å². The van der Waals surface area contributed by atoms with Crippen LogP contribution in [0.2, 0.25) is 0 Å². The summed E-state index contributed by atoms with van der Waals surface area (Å²) in [5, 5.41) is 8.41. The van der Waals surface area contributed by atoms with Gasteiger partial charge < -0.3 is 11.1 Å². The molecule has 138 valence electrons. The van der Waals surface area contributed by atoms with E-state index in [1.54, 1.807) is 22.7 Å². The van der Waals surface area contributed by atoms with E-state index >= 15 is 0 Å². The highest BCUT2D eigenvalue weighted by Crippen LogP contribution is 2.49. The van der Waals surface area contributed by atoms with Crippen LogP contribution >= 0.6 is 11.3 Å². The van der Waals surface area contributed by atoms with E-state index in [0.717, 1.165) is 40.3 Å². The average Bonchev–Trinajstić information content (AvgIpc) is 3.61. The Hall–Kier alpha value is -2.64. The predicted molar refractivity (Wildman–Crippen MR) is 110 cm³/mol. The molecule has 6 nitrogen and oxygen atoms in total. The van der Waals surface area contributed by atoms with Gasteiger partial charge in [0.2, 0.25) is 0 Å². The van der Waals surface area contributed by atoms with Crippen LogP contribution in [0.25, 0.3) is 10.2 Å². The fraction of sp³-hybridized carbons (Fsp3) is 0.300. The van der Waals surface area contributed by atoms with Crippen molar-refractivity contribution in [3.8, 4) is 0 Å². The lowest BCUT2D eigenvalue weighted by molar-refractivity contribution is 0.801. The van der Waals surface area contributed by atoms with E-state index in [9.17, 15) is 0 Å². The van der Waals surface area contributed by atoms with Crippen molar-refractivity contribution in [2.75, 3.05) is 10.3 Å². The number of aromatic nitrogens is 2. The predicted octanol–water partition coefficient (Wildman–Crippen LogP) is 3.68. The molecule has 1 aromatic carbocycles. The summed E-state index contributed by atoms with van der Waals surface area (Å²) in [4.78, 5) is 9.81. The van der Waals surface area contributed by atoms with Crippen molar-refractivity contribution in [3.63, 3.8) is 0 Å². The molecule has 0 atom stereocenters. The summed E-state index contributed by atoms with van der Waals surface area (Å²) in [5.41, 5.74) is 9.06. The number of thiophene rings is 1. The number of fused-ring (bicyclic) bond motifs is 1. The maximum atomic E-state index is 6.16. The van der Waals surface area contributed by atoms with Crippen LogP contribution in [0.1, 0.15) is 31.2 Å². The Morgan fingerprint density at radius 2 is 1.96 bits per heavy atom. The molecule has 5 N–H and O–H groups in total. The summed E-state index contributed by atoms with van der Waals surface area (Å²) in [6.07, 6.45) is 7.98. The molecule has 0 bridgehead atoms. The standard InChI is InChI=1S/C20H22N6S/c21-17(13-1-2-13)11-26(22)15-5-3-14(4-6-15)20(8-9-20)25-18-16-7-10-27-19(16)24-12-23-18/h3-7,10-13H,1-2,8-9,21-22H2,(H,23,24,25)/b17-11-. The van der Waals surface area contributed by atoms with Crippen LogP contribution in [0, 0.1) is 5.92 Å². The second-order valence-electron chi connectivity index (χ2n) is 7.43. The molecule has 0 radical (unpaired) electrons. The number of hydrazine groups is 1. The second kappa shape index (κ2) is 6.21. The lowest BCUT2D eigenvalue weighted by Gasteiger charge is -2.21. The van der Waals surface area contributed by atoms with Gasteiger partial charge in [0, 0.05) is 17.8 Å². The third-order valence-corrected chi connectivity index (χ3v) is 6.25. The van der Waals surface area contributed by atoms with Crippen molar-refractivity contribution in [2.24, 2.45) is 17.5 Å². The van der Waals surface area contributed by atoms with E-state index in [1.165, 1.54) is 18.4 Å². The number of rotatable bonds is 6. The fourth-order valence-electron chi connectivity index (χ4n) is 3.44. The van der Waals surface area contributed by atoms with Crippen LogP contribution < -0.4 is 21.9 Å². The molecule has 2 saturated carbocycles. The molecular weight excluding hydrogens is 356 g/mol. The molecule has 7 heteroatoms. The van der Waals surface area contributed by atoms with Crippen molar-refractivity contribution in [3.05, 3.63) is 59.5 Å². The van der Waals surface area contributed by atoms with Crippen LogP contribution in [0.4, 0.5) is 11.5 Å². The van der Waals surface area contributed by atoms with Crippen molar-refractivity contribution in [1.82, 2.24) is 9.97 Å². The van der Waals surface area contributed by atoms with Gasteiger partial charge in [-0.25, -0.2) is 15.8 Å². The minimum absolute atomic E-state index is 0.0515. The summed E-state index contributed by atoms with van der Waals surface area (Å²) in [6.45, 7) is 0. The zero-order valence-electron chi connectivity index (χ0n) is 14.9. The van der Waals surface area contributed by atoms with E-state index in [1.807, 2.05) is 18.3 Å². The summed E-state index contributed by atoms with van der Waals surface area (Å²) in [6, 6.07) is 10.5. The highest BCUT2D eigenvalue weighted by atomic mass is 32.1. The van der Waals surface area contributed by atoms with Crippen LogP contribution in [0.5, 0.6) is 0 Å². The first-order chi connectivity index (χ1) is 13.1. The highest BCUT2D eigenvalue weighted by Gasteiger charge is 2.45. The Labute approximate surface area is 161 Å². The molecule has 2 aliphatic rings. The first-order valence-corrected chi connectivity index (χ1v) is 10.1. The molecule has 2 fully saturated rings. The first kappa shape index (κ1) is 16.5. The molecular formula is C20H22N6S. The van der Waals surface area contributed by atoms with Crippen LogP contribution in [0.15, 0.2) is 53.9 Å². The monoisotopic (exact) mass is 378 g/mol. The summed E-state index contributed by atoms with van der Waals surface area (Å²) in [5.74, 6) is 7.57. The van der Waals surface area contributed by atoms with E-state index in [0.29, 0.717) is 5.92 Å². The second-order valence-corrected chi connectivity index (χ2v) is 8.32. The zero-order valence-corrected chi connectivity index (χ0v) is 15.7. The van der Waals surface area contributed by atoms with Gasteiger partial charge in [-0.3, -0.25) is 5.01 Å². The van der Waals surface area contributed by atoms with Crippen molar-refractivity contribution >= 4 is 33.1 Å². The summed E-state index contributed by atoms with van der Waals surface area (Å²) in [7, 11) is 0. The highest BCUT2D eigenvalue weighted by molar-refractivity contribution is 7.16. The Balaban J connectivity index is 1.36. The van der Waals surface area contributed by atoms with Gasteiger partial charge in [-0.05, 0) is 54.8 Å². The van der Waals surface area contributed by atoms with Gasteiger partial charge in [0.05, 0.1) is 16.6 Å². The smallest absolute Gasteiger partial charge is 0.138 e. The van der Waals surface area contributed by atoms with Crippen molar-refractivity contribution in [1.29, 1.82) is 0 Å². The van der Waals surface area contributed by atoms with E-state index in [2.05, 4.69) is 38.9 Å². The third-order valence-electron chi connectivity index (χ3n) is 5.42. The summed E-state index contributed by atoms with van der Waals surface area (Å²) < 4.78 is 0. The minimum atomic E-state index is -0.0515. The van der Waals surface area contributed by atoms with E-state index in [4.69, 9.17) is 11.6 Å². The van der Waals surface area contributed by atoms with E-state index in [-0.39, 0.29) is 5.54 Å². The lowest BCUT2D eigenvalue weighted by atomic mass is 10.0. The SMILES string of the molecule is N/C(=C\N(N)c1ccc(C2(Nc3ncnc4sccc34)CC2)cc1)C1CC1. The molecule has 2 aromatic heterocycles. The van der Waals surface area contributed by atoms with Gasteiger partial charge in [0.15, 0.2) is 0 Å². The van der Waals surface area contributed by atoms with Gasteiger partial charge >= 0.3 is 0 Å². The number of anilines is 2. The molecule has 2 aliphatic carbocycles. The maximum absolute atomic E-state index is 6.16. The van der Waals surface area contributed by atoms with E-state index < -0.39 is 0 Å². The number of nitrogens with two attached hydrogens (primary N) is 2. The summed E-state index contributed by atoms with van der Waals surface area (Å²) >= 11 is 1.63. The fourth-order valence-corrected chi connectivity index (χ4v) is 4.17. The Bertz CT molecular complexity index is 1000. The quantitative estimate of drug-likeness (QED) is 0.447. The molecule has 0 unspecified atom stereocenters. The Kier molecular flexibility index (Phi) is 3.80. The van der Waals surface area contributed by atoms with Crippen LogP contribution in [-0.4, -0.2) is 9.97 Å². The molecule has 0 aliphatic heterocycles. The van der Waals surface area contributed by atoms with Crippen LogP contribution in [-0.2, 0) is 5.54 Å². The first-order valence-electron chi connectivity index (χ1n) is 9.23. The van der Waals surface area contributed by atoms with Crippen LogP contribution in [0.3, 0.4) is 0 Å². The van der Waals surface area contributed by atoms with Gasteiger partial charge in [0.25, 0.3) is 0 Å². The maximum Gasteiger partial charge on any atom is 0.138 e. The number of hydrogen-bond donors (Lipinski definition) is 3. The zero-order chi connectivity index (χ0) is 18.4. The van der Waals surface area contributed by atoms with Gasteiger partial charge in [0.1, 0.15) is 17.0 Å². The number of nitrogens with one attached hydrogen (secondary N) is 1. The topological polar surface area (TPSA) is 93.1 Å². The third kappa shape index (κ3) is 3.13. The number of hydrogen-bond acceptors (Lipinski definition) is 7. The van der Waals surface area contributed by atoms with Gasteiger partial charge in [-0.2, -0.15) is 0 Å². The average molecular weight is 379 g/mol. The molecule has 0 saturated heterocycles. The van der Waals surface area contributed by atoms with Crippen molar-refractivity contribution < 1.29 is 0 Å². The molecule has 2 heterocycles. The number of benzene rings is 1. The molecule has 0 spiro atoms. The minimum Gasteiger partial charge on any atom is -0.401 e. The van der Waals surface area contributed by atoms with Crippen molar-refractivity contribution in [2.45, 2.75) is 31.2 Å². The Morgan fingerprint density at radius 3 is 2.67 bits per heavy atom. The molecule has 3 aromatic rings. The largest absolute Gasteiger partial charge is 0.401 e. The number of nitrogens with zero attached hydrogens (tertiary/aromatic N) is 3. The molecule has 0 amide bonds. The molecule has 5 rings (SSSR count). The van der Waals surface area contributed by atoms with Gasteiger partial charge in [-0.15, -0.1) is 11.3 Å². The lowest BCUT2D eigenvalue weighted by Crippen LogP contribution is -2.26. The molecule has 27 heavy (non-hydrogen) atoms. The Morgan fingerprint density at radius 1 is 1.19 bits per heavy atom. The normalized spacial score (nSPS) is 18.5. The number of allylic oxidation sites excluding steroid dienone is 1.